The molecule has 0 aliphatic heterocycles. The van der Waals surface area contributed by atoms with Crippen LogP contribution >= 0.6 is 0 Å². The van der Waals surface area contributed by atoms with Gasteiger partial charge in [0.25, 0.3) is 5.91 Å². The highest BCUT2D eigenvalue weighted by atomic mass is 32.2. The maximum Gasteiger partial charge on any atom is 0.251 e. The molecule has 0 bridgehead atoms. The Kier molecular flexibility index (Phi) is 6.60. The van der Waals surface area contributed by atoms with Gasteiger partial charge < -0.3 is 5.32 Å². The van der Waals surface area contributed by atoms with Gasteiger partial charge in [-0.3, -0.25) is 4.79 Å². The van der Waals surface area contributed by atoms with E-state index in [2.05, 4.69) is 10.0 Å². The normalized spacial score (nSPS) is 13.3. The van der Waals surface area contributed by atoms with E-state index in [1.165, 1.54) is 36.4 Å². The van der Waals surface area contributed by atoms with Crippen LogP contribution < -0.4 is 15.2 Å². The van der Waals surface area contributed by atoms with Gasteiger partial charge in [-0.05, 0) is 56.7 Å². The summed E-state index contributed by atoms with van der Waals surface area (Å²) < 4.78 is 49.6. The average Bonchev–Trinajstić information content (AvgIpc) is 2.60. The summed E-state index contributed by atoms with van der Waals surface area (Å²) in [4.78, 5) is 12.5. The molecule has 0 aromatic heterocycles. The van der Waals surface area contributed by atoms with Gasteiger partial charge in [-0.15, -0.1) is 0 Å². The molecule has 152 valence electrons. The first-order valence-electron chi connectivity index (χ1n) is 8.46. The van der Waals surface area contributed by atoms with Crippen molar-refractivity contribution in [2.75, 3.05) is 0 Å². The minimum atomic E-state index is -3.79. The van der Waals surface area contributed by atoms with Crippen molar-refractivity contribution in [3.8, 4) is 0 Å². The predicted octanol–water partition coefficient (Wildman–Crippen LogP) is 1.51. The van der Waals surface area contributed by atoms with Gasteiger partial charge >= 0.3 is 0 Å². The molecule has 0 unspecified atom stereocenters. The number of sulfonamides is 2. The third-order valence-electron chi connectivity index (χ3n) is 3.85. The zero-order valence-electron chi connectivity index (χ0n) is 15.7. The maximum absolute atomic E-state index is 12.5. The molecule has 2 aromatic carbocycles. The molecule has 0 saturated heterocycles. The summed E-state index contributed by atoms with van der Waals surface area (Å²) in [5.41, 5.74) is 0.866. The van der Waals surface area contributed by atoms with Crippen molar-refractivity contribution < 1.29 is 21.6 Å². The fourth-order valence-corrected chi connectivity index (χ4v) is 4.30. The summed E-state index contributed by atoms with van der Waals surface area (Å²) in [5, 5.41) is 7.82. The van der Waals surface area contributed by atoms with Crippen molar-refractivity contribution in [2.24, 2.45) is 5.14 Å². The van der Waals surface area contributed by atoms with Crippen LogP contribution in [0.15, 0.2) is 58.3 Å². The molecular weight excluding hydrogens is 402 g/mol. The minimum absolute atomic E-state index is 0.000918. The van der Waals surface area contributed by atoms with Crippen LogP contribution in [0.3, 0.4) is 0 Å². The van der Waals surface area contributed by atoms with E-state index in [0.29, 0.717) is 5.56 Å². The van der Waals surface area contributed by atoms with Crippen molar-refractivity contribution in [1.82, 2.24) is 10.0 Å². The largest absolute Gasteiger partial charge is 0.346 e. The first-order chi connectivity index (χ1) is 12.9. The number of benzene rings is 2. The van der Waals surface area contributed by atoms with Crippen molar-refractivity contribution in [3.05, 3.63) is 59.7 Å². The van der Waals surface area contributed by atoms with E-state index in [1.54, 1.807) is 32.9 Å². The Morgan fingerprint density at radius 1 is 0.929 bits per heavy atom. The fourth-order valence-electron chi connectivity index (χ4n) is 2.49. The Morgan fingerprint density at radius 2 is 1.54 bits per heavy atom. The summed E-state index contributed by atoms with van der Waals surface area (Å²) in [5.74, 6) is -0.454. The number of carbonyl (C=O) groups excluding carboxylic acids is 1. The number of amides is 1. The molecule has 0 aliphatic carbocycles. The van der Waals surface area contributed by atoms with Crippen molar-refractivity contribution in [3.63, 3.8) is 0 Å². The molecule has 0 aliphatic rings. The van der Waals surface area contributed by atoms with Crippen LogP contribution in [-0.2, 0) is 20.0 Å². The van der Waals surface area contributed by atoms with Crippen molar-refractivity contribution in [1.29, 1.82) is 0 Å². The van der Waals surface area contributed by atoms with Crippen molar-refractivity contribution in [2.45, 2.75) is 42.6 Å². The molecule has 0 saturated carbocycles. The lowest BCUT2D eigenvalue weighted by atomic mass is 10.1. The molecule has 2 rings (SSSR count). The predicted molar refractivity (Wildman–Crippen MR) is 106 cm³/mol. The highest BCUT2D eigenvalue weighted by Gasteiger charge is 2.18. The van der Waals surface area contributed by atoms with Gasteiger partial charge in [0.15, 0.2) is 0 Å². The number of rotatable bonds is 7. The standard InChI is InChI=1S/C18H23N3O5S2/c1-12(2)21-28(25,26)17-6-4-5-15(11-17)18(22)20-13(3)14-7-9-16(10-8-14)27(19,23)24/h4-13,21H,1-3H3,(H,20,22)(H2,19,23,24)/t13-/m1/s1. The Morgan fingerprint density at radius 3 is 2.07 bits per heavy atom. The number of hydrogen-bond acceptors (Lipinski definition) is 5. The number of carbonyl (C=O) groups is 1. The Balaban J connectivity index is 2.18. The van der Waals surface area contributed by atoms with E-state index in [0.717, 1.165) is 0 Å². The molecule has 0 spiro atoms. The Labute approximate surface area is 165 Å². The molecule has 10 heteroatoms. The molecule has 2 aromatic rings. The van der Waals surface area contributed by atoms with E-state index in [9.17, 15) is 21.6 Å². The first kappa shape index (κ1) is 22.0. The van der Waals surface area contributed by atoms with Crippen LogP contribution in [0.4, 0.5) is 0 Å². The van der Waals surface area contributed by atoms with Gasteiger partial charge in [-0.25, -0.2) is 26.7 Å². The van der Waals surface area contributed by atoms with Gasteiger partial charge in [0.1, 0.15) is 0 Å². The van der Waals surface area contributed by atoms with Crippen LogP contribution in [0.25, 0.3) is 0 Å². The topological polar surface area (TPSA) is 135 Å². The monoisotopic (exact) mass is 425 g/mol. The SMILES string of the molecule is CC(C)NS(=O)(=O)c1cccc(C(=O)N[C@H](C)c2ccc(S(N)(=O)=O)cc2)c1. The highest BCUT2D eigenvalue weighted by Crippen LogP contribution is 2.17. The van der Waals surface area contributed by atoms with Crippen LogP contribution in [-0.4, -0.2) is 28.8 Å². The fraction of sp³-hybridized carbons (Fsp3) is 0.278. The zero-order chi connectivity index (χ0) is 21.1. The number of nitrogens with two attached hydrogens (primary N) is 1. The van der Waals surface area contributed by atoms with E-state index in [-0.39, 0.29) is 21.4 Å². The second-order valence-corrected chi connectivity index (χ2v) is 9.89. The van der Waals surface area contributed by atoms with Crippen LogP contribution in [0.5, 0.6) is 0 Å². The summed E-state index contributed by atoms with van der Waals surface area (Å²) in [7, 11) is -7.50. The zero-order valence-corrected chi connectivity index (χ0v) is 17.3. The Bertz CT molecular complexity index is 1060. The van der Waals surface area contributed by atoms with Gasteiger partial charge in [0.05, 0.1) is 15.8 Å². The number of hydrogen-bond donors (Lipinski definition) is 3. The molecule has 0 radical (unpaired) electrons. The molecule has 8 nitrogen and oxygen atoms in total. The van der Waals surface area contributed by atoms with Crippen LogP contribution in [0.2, 0.25) is 0 Å². The van der Waals surface area contributed by atoms with Crippen LogP contribution in [0.1, 0.15) is 42.7 Å². The second kappa shape index (κ2) is 8.39. The van der Waals surface area contributed by atoms with Gasteiger partial charge in [0.2, 0.25) is 20.0 Å². The lowest BCUT2D eigenvalue weighted by Crippen LogP contribution is -2.31. The summed E-state index contributed by atoms with van der Waals surface area (Å²) in [6.45, 7) is 5.14. The van der Waals surface area contributed by atoms with Gasteiger partial charge in [-0.2, -0.15) is 0 Å². The summed E-state index contributed by atoms with van der Waals surface area (Å²) in [6.07, 6.45) is 0. The quantitative estimate of drug-likeness (QED) is 0.618. The lowest BCUT2D eigenvalue weighted by Gasteiger charge is -2.15. The second-order valence-electron chi connectivity index (χ2n) is 6.61. The third-order valence-corrected chi connectivity index (χ3v) is 6.44. The molecule has 0 heterocycles. The van der Waals surface area contributed by atoms with E-state index < -0.39 is 32.0 Å². The summed E-state index contributed by atoms with van der Waals surface area (Å²) >= 11 is 0. The third kappa shape index (κ3) is 5.61. The molecule has 1 amide bonds. The van der Waals surface area contributed by atoms with E-state index in [4.69, 9.17) is 5.14 Å². The average molecular weight is 426 g/mol. The lowest BCUT2D eigenvalue weighted by molar-refractivity contribution is 0.0939. The maximum atomic E-state index is 12.5. The van der Waals surface area contributed by atoms with Gasteiger partial charge in [0, 0.05) is 11.6 Å². The highest BCUT2D eigenvalue weighted by molar-refractivity contribution is 7.89. The minimum Gasteiger partial charge on any atom is -0.346 e. The molecule has 0 fully saturated rings. The van der Waals surface area contributed by atoms with Crippen molar-refractivity contribution >= 4 is 26.0 Å². The molecular formula is C18H23N3O5S2. The van der Waals surface area contributed by atoms with Gasteiger partial charge in [-0.1, -0.05) is 18.2 Å². The Hall–Kier alpha value is -2.27. The number of primary sulfonamides is 1. The first-order valence-corrected chi connectivity index (χ1v) is 11.5. The smallest absolute Gasteiger partial charge is 0.251 e. The molecule has 1 atom stereocenters. The van der Waals surface area contributed by atoms with Crippen LogP contribution in [0, 0.1) is 0 Å². The number of nitrogens with one attached hydrogen (secondary N) is 2. The molecule has 4 N–H and O–H groups in total. The molecule has 28 heavy (non-hydrogen) atoms. The summed E-state index contributed by atoms with van der Waals surface area (Å²) in [6, 6.07) is 10.8. The van der Waals surface area contributed by atoms with E-state index in [1.807, 2.05) is 0 Å². The van der Waals surface area contributed by atoms with E-state index >= 15 is 0 Å².